The van der Waals surface area contributed by atoms with E-state index in [4.69, 9.17) is 11.6 Å². The Hall–Kier alpha value is -2.07. The van der Waals surface area contributed by atoms with Gasteiger partial charge in [-0.15, -0.1) is 0 Å². The van der Waals surface area contributed by atoms with Gasteiger partial charge in [-0.2, -0.15) is 10.2 Å². The van der Waals surface area contributed by atoms with Gasteiger partial charge in [-0.1, -0.05) is 49.2 Å². The largest absolute Gasteiger partial charge is 0.205 e. The molecule has 0 unspecified atom stereocenters. The van der Waals surface area contributed by atoms with Crippen LogP contribution in [0.3, 0.4) is 0 Å². The standard InChI is InChI=1S/C17H15ClF2N2/c1-2-3-12-4-6-13(7-5-12)10-21-22-11-14-8-15(19)17(18)16(20)9-14/h4-11H,2-3H2,1H3/b21-10+,22-11+. The lowest BCUT2D eigenvalue weighted by Gasteiger charge is -1.98. The Labute approximate surface area is 133 Å². The van der Waals surface area contributed by atoms with Crippen LogP contribution in [0.4, 0.5) is 8.78 Å². The summed E-state index contributed by atoms with van der Waals surface area (Å²) in [6, 6.07) is 10.2. The first-order chi connectivity index (χ1) is 10.6. The molecule has 2 rings (SSSR count). The van der Waals surface area contributed by atoms with Crippen LogP contribution in [-0.2, 0) is 6.42 Å². The lowest BCUT2D eigenvalue weighted by atomic mass is 10.1. The van der Waals surface area contributed by atoms with Crippen LogP contribution in [0, 0.1) is 11.6 Å². The molecule has 22 heavy (non-hydrogen) atoms. The zero-order valence-corrected chi connectivity index (χ0v) is 12.8. The number of halogens is 3. The van der Waals surface area contributed by atoms with E-state index in [2.05, 4.69) is 17.1 Å². The Kier molecular flexibility index (Phi) is 5.78. The minimum absolute atomic E-state index is 0.259. The quantitative estimate of drug-likeness (QED) is 0.419. The van der Waals surface area contributed by atoms with E-state index in [1.165, 1.54) is 11.8 Å². The Morgan fingerprint density at radius 2 is 1.50 bits per heavy atom. The molecule has 0 heterocycles. The van der Waals surface area contributed by atoms with Crippen molar-refractivity contribution in [1.29, 1.82) is 0 Å². The van der Waals surface area contributed by atoms with Crippen molar-refractivity contribution in [1.82, 2.24) is 0 Å². The van der Waals surface area contributed by atoms with Gasteiger partial charge in [0.05, 0.1) is 12.4 Å². The SMILES string of the molecule is CCCc1ccc(/C=N/N=C/c2cc(F)c(Cl)c(F)c2)cc1. The van der Waals surface area contributed by atoms with Gasteiger partial charge in [0.15, 0.2) is 0 Å². The predicted molar refractivity (Wildman–Crippen MR) is 87.0 cm³/mol. The summed E-state index contributed by atoms with van der Waals surface area (Å²) in [5.41, 5.74) is 2.44. The molecule has 5 heteroatoms. The second-order valence-electron chi connectivity index (χ2n) is 4.78. The molecular formula is C17H15ClF2N2. The normalized spacial score (nSPS) is 11.6. The summed E-state index contributed by atoms with van der Waals surface area (Å²) in [4.78, 5) is 0. The van der Waals surface area contributed by atoms with Gasteiger partial charge in [0.25, 0.3) is 0 Å². The molecule has 0 aliphatic heterocycles. The van der Waals surface area contributed by atoms with Crippen LogP contribution in [-0.4, -0.2) is 12.4 Å². The Morgan fingerprint density at radius 1 is 0.955 bits per heavy atom. The molecule has 2 aromatic rings. The number of hydrogen-bond donors (Lipinski definition) is 0. The fourth-order valence-electron chi connectivity index (χ4n) is 1.91. The summed E-state index contributed by atoms with van der Waals surface area (Å²) in [7, 11) is 0. The van der Waals surface area contributed by atoms with E-state index in [9.17, 15) is 8.78 Å². The molecular weight excluding hydrogens is 306 g/mol. The maximum Gasteiger partial charge on any atom is 0.145 e. The second kappa shape index (κ2) is 7.80. The van der Waals surface area contributed by atoms with E-state index in [0.29, 0.717) is 0 Å². The van der Waals surface area contributed by atoms with Crippen molar-refractivity contribution in [2.45, 2.75) is 19.8 Å². The van der Waals surface area contributed by atoms with Crippen LogP contribution < -0.4 is 0 Å². The van der Waals surface area contributed by atoms with Gasteiger partial charge in [-0.25, -0.2) is 8.78 Å². The maximum absolute atomic E-state index is 13.2. The fourth-order valence-corrected chi connectivity index (χ4v) is 2.02. The molecule has 0 N–H and O–H groups in total. The Morgan fingerprint density at radius 3 is 2.05 bits per heavy atom. The maximum atomic E-state index is 13.2. The third-order valence-corrected chi connectivity index (χ3v) is 3.37. The van der Waals surface area contributed by atoms with Gasteiger partial charge in [-0.05, 0) is 29.7 Å². The third-order valence-electron chi connectivity index (χ3n) is 3.00. The highest BCUT2D eigenvalue weighted by Gasteiger charge is 2.07. The average Bonchev–Trinajstić information content (AvgIpc) is 2.51. The molecule has 0 spiro atoms. The van der Waals surface area contributed by atoms with Crippen LogP contribution in [0.2, 0.25) is 5.02 Å². The van der Waals surface area contributed by atoms with Crippen LogP contribution in [0.15, 0.2) is 46.6 Å². The van der Waals surface area contributed by atoms with E-state index in [1.54, 1.807) is 6.21 Å². The van der Waals surface area contributed by atoms with Gasteiger partial charge in [0.1, 0.15) is 16.7 Å². The van der Waals surface area contributed by atoms with Crippen molar-refractivity contribution in [3.05, 3.63) is 69.7 Å². The molecule has 2 nitrogen and oxygen atoms in total. The first-order valence-electron chi connectivity index (χ1n) is 6.90. The summed E-state index contributed by atoms with van der Waals surface area (Å²) in [6.45, 7) is 2.13. The summed E-state index contributed by atoms with van der Waals surface area (Å²) < 4.78 is 26.5. The number of nitrogens with zero attached hydrogens (tertiary/aromatic N) is 2. The molecule has 0 fully saturated rings. The Balaban J connectivity index is 2.02. The van der Waals surface area contributed by atoms with E-state index >= 15 is 0 Å². The summed E-state index contributed by atoms with van der Waals surface area (Å²) >= 11 is 5.40. The van der Waals surface area contributed by atoms with E-state index in [1.807, 2.05) is 24.3 Å². The van der Waals surface area contributed by atoms with Crippen LogP contribution in [0.1, 0.15) is 30.0 Å². The minimum Gasteiger partial charge on any atom is -0.205 e. The summed E-state index contributed by atoms with van der Waals surface area (Å²) in [5.74, 6) is -1.64. The number of hydrogen-bond acceptors (Lipinski definition) is 2. The molecule has 0 aromatic heterocycles. The fraction of sp³-hybridized carbons (Fsp3) is 0.176. The molecule has 0 saturated heterocycles. The van der Waals surface area contributed by atoms with Gasteiger partial charge in [0, 0.05) is 5.56 Å². The molecule has 0 atom stereocenters. The third kappa shape index (κ3) is 4.46. The number of rotatable bonds is 5. The lowest BCUT2D eigenvalue weighted by Crippen LogP contribution is -1.89. The lowest BCUT2D eigenvalue weighted by molar-refractivity contribution is 0.584. The second-order valence-corrected chi connectivity index (χ2v) is 5.16. The topological polar surface area (TPSA) is 24.7 Å². The zero-order chi connectivity index (χ0) is 15.9. The average molecular weight is 321 g/mol. The first-order valence-corrected chi connectivity index (χ1v) is 7.28. The van der Waals surface area contributed by atoms with Crippen LogP contribution in [0.5, 0.6) is 0 Å². The molecule has 0 bridgehead atoms. The predicted octanol–water partition coefficient (Wildman–Crippen LogP) is 5.02. The van der Waals surface area contributed by atoms with Crippen molar-refractivity contribution in [3.63, 3.8) is 0 Å². The molecule has 114 valence electrons. The highest BCUT2D eigenvalue weighted by Crippen LogP contribution is 2.19. The Bertz CT molecular complexity index is 671. The monoisotopic (exact) mass is 320 g/mol. The zero-order valence-electron chi connectivity index (χ0n) is 12.1. The molecule has 0 aliphatic rings. The van der Waals surface area contributed by atoms with Crippen molar-refractivity contribution in [2.75, 3.05) is 0 Å². The number of benzene rings is 2. The van der Waals surface area contributed by atoms with Gasteiger partial charge >= 0.3 is 0 Å². The van der Waals surface area contributed by atoms with Gasteiger partial charge in [0.2, 0.25) is 0 Å². The van der Waals surface area contributed by atoms with Crippen LogP contribution >= 0.6 is 11.6 Å². The summed E-state index contributed by atoms with van der Waals surface area (Å²) in [5, 5.41) is 7.12. The molecule has 0 amide bonds. The van der Waals surface area contributed by atoms with Gasteiger partial charge in [-0.3, -0.25) is 0 Å². The van der Waals surface area contributed by atoms with Crippen molar-refractivity contribution < 1.29 is 8.78 Å². The van der Waals surface area contributed by atoms with Gasteiger partial charge < -0.3 is 0 Å². The first kappa shape index (κ1) is 16.3. The van der Waals surface area contributed by atoms with Crippen molar-refractivity contribution >= 4 is 24.0 Å². The molecule has 2 aromatic carbocycles. The van der Waals surface area contributed by atoms with E-state index in [0.717, 1.165) is 30.5 Å². The smallest absolute Gasteiger partial charge is 0.145 e. The van der Waals surface area contributed by atoms with Crippen molar-refractivity contribution in [3.8, 4) is 0 Å². The molecule has 0 saturated carbocycles. The highest BCUT2D eigenvalue weighted by molar-refractivity contribution is 6.30. The molecule has 0 aliphatic carbocycles. The number of aryl methyl sites for hydroxylation is 1. The van der Waals surface area contributed by atoms with E-state index in [-0.39, 0.29) is 5.56 Å². The minimum atomic E-state index is -0.821. The highest BCUT2D eigenvalue weighted by atomic mass is 35.5. The van der Waals surface area contributed by atoms with Crippen LogP contribution in [0.25, 0.3) is 0 Å². The van der Waals surface area contributed by atoms with E-state index < -0.39 is 16.7 Å². The molecule has 0 radical (unpaired) electrons. The summed E-state index contributed by atoms with van der Waals surface area (Å²) in [6.07, 6.45) is 4.99. The van der Waals surface area contributed by atoms with Crippen molar-refractivity contribution in [2.24, 2.45) is 10.2 Å².